The van der Waals surface area contributed by atoms with Gasteiger partial charge in [-0.1, -0.05) is 30.3 Å². The number of piperazine rings is 2. The van der Waals surface area contributed by atoms with E-state index in [1.54, 1.807) is 21.1 Å². The number of aliphatic hydroxyl groups excluding tert-OH is 1. The Bertz CT molecular complexity index is 902. The first-order chi connectivity index (χ1) is 13.6. The summed E-state index contributed by atoms with van der Waals surface area (Å²) in [6, 6.07) is 9.16. The molecule has 1 aromatic carbocycles. The lowest BCUT2D eigenvalue weighted by Gasteiger charge is -2.47. The Morgan fingerprint density at radius 1 is 1.04 bits per heavy atom. The van der Waals surface area contributed by atoms with E-state index in [0.29, 0.717) is 26.1 Å². The van der Waals surface area contributed by atoms with Gasteiger partial charge in [0.05, 0.1) is 18.3 Å². The molecule has 1 aromatic heterocycles. The van der Waals surface area contributed by atoms with Gasteiger partial charge in [0.1, 0.15) is 17.1 Å². The van der Waals surface area contributed by atoms with E-state index >= 15 is 0 Å². The molecule has 0 unspecified atom stereocenters. The van der Waals surface area contributed by atoms with E-state index in [-0.39, 0.29) is 18.4 Å². The largest absolute Gasteiger partial charge is 0.391 e. The van der Waals surface area contributed by atoms with Gasteiger partial charge in [-0.2, -0.15) is 0 Å². The van der Waals surface area contributed by atoms with Crippen molar-refractivity contribution in [1.29, 1.82) is 0 Å². The molecule has 2 amide bonds. The third-order valence-corrected chi connectivity index (χ3v) is 6.69. The van der Waals surface area contributed by atoms with E-state index in [9.17, 15) is 14.7 Å². The van der Waals surface area contributed by atoms with Crippen molar-refractivity contribution >= 4 is 23.2 Å². The first kappa shape index (κ1) is 17.8. The summed E-state index contributed by atoms with van der Waals surface area (Å²) in [5.41, 5.74) is 2.07. The third-order valence-electron chi connectivity index (χ3n) is 5.86. The van der Waals surface area contributed by atoms with Crippen molar-refractivity contribution in [3.8, 4) is 11.3 Å². The number of carbonyl (C=O) groups excluding carboxylic acids is 2. The number of fused-ring (bicyclic) bond motifs is 2. The predicted octanol–water partition coefficient (Wildman–Crippen LogP) is 0.798. The summed E-state index contributed by atoms with van der Waals surface area (Å²) in [6.45, 7) is 2.74. The summed E-state index contributed by atoms with van der Waals surface area (Å²) in [5.74, 6) is -0.0450. The number of aliphatic hydroxyl groups is 1. The van der Waals surface area contributed by atoms with Crippen molar-refractivity contribution in [3.63, 3.8) is 0 Å². The Morgan fingerprint density at radius 3 is 2.64 bits per heavy atom. The minimum absolute atomic E-state index is 0.0126. The fourth-order valence-corrected chi connectivity index (χ4v) is 5.29. The Balaban J connectivity index is 1.29. The van der Waals surface area contributed by atoms with E-state index in [1.165, 1.54) is 0 Å². The number of benzene rings is 1. The highest BCUT2D eigenvalue weighted by molar-refractivity contribution is 7.09. The smallest absolute Gasteiger partial charge is 0.247 e. The SMILES string of the molecule is O=C1[C@@H]2C[C@@H](O)CN2C(=O)[C@H]2CN(Cc3nc(-c4ccccc4)cs3)CCN12. The highest BCUT2D eigenvalue weighted by Crippen LogP contribution is 2.30. The van der Waals surface area contributed by atoms with Crippen LogP contribution in [0, 0.1) is 0 Å². The van der Waals surface area contributed by atoms with Crippen molar-refractivity contribution in [2.45, 2.75) is 31.2 Å². The molecule has 7 nitrogen and oxygen atoms in total. The highest BCUT2D eigenvalue weighted by Gasteiger charge is 2.51. The van der Waals surface area contributed by atoms with Crippen molar-refractivity contribution < 1.29 is 14.7 Å². The third kappa shape index (κ3) is 3.01. The fourth-order valence-electron chi connectivity index (χ4n) is 4.45. The molecule has 0 saturated carbocycles. The Hall–Kier alpha value is -2.29. The molecule has 0 bridgehead atoms. The van der Waals surface area contributed by atoms with Crippen LogP contribution in [0.5, 0.6) is 0 Å². The molecule has 0 radical (unpaired) electrons. The van der Waals surface area contributed by atoms with Crippen LogP contribution in [0.3, 0.4) is 0 Å². The van der Waals surface area contributed by atoms with Gasteiger partial charge >= 0.3 is 0 Å². The molecule has 4 heterocycles. The van der Waals surface area contributed by atoms with E-state index in [1.807, 2.05) is 30.3 Å². The Kier molecular flexibility index (Phi) is 4.41. The molecule has 5 rings (SSSR count). The molecule has 1 N–H and O–H groups in total. The van der Waals surface area contributed by atoms with E-state index in [4.69, 9.17) is 4.98 Å². The van der Waals surface area contributed by atoms with Gasteiger partial charge in [0.15, 0.2) is 0 Å². The maximum Gasteiger partial charge on any atom is 0.247 e. The molecular weight excluding hydrogens is 376 g/mol. The number of amides is 2. The van der Waals surface area contributed by atoms with Gasteiger partial charge < -0.3 is 14.9 Å². The monoisotopic (exact) mass is 398 g/mol. The summed E-state index contributed by atoms with van der Waals surface area (Å²) >= 11 is 1.62. The van der Waals surface area contributed by atoms with Crippen molar-refractivity contribution in [2.24, 2.45) is 0 Å². The van der Waals surface area contributed by atoms with Crippen LogP contribution in [-0.2, 0) is 16.1 Å². The van der Waals surface area contributed by atoms with Gasteiger partial charge in [-0.3, -0.25) is 14.5 Å². The fraction of sp³-hybridized carbons (Fsp3) is 0.450. The number of thiazole rings is 1. The number of hydrogen-bond acceptors (Lipinski definition) is 6. The van der Waals surface area contributed by atoms with E-state index in [2.05, 4.69) is 10.3 Å². The lowest BCUT2D eigenvalue weighted by atomic mass is 10.0. The Morgan fingerprint density at radius 2 is 1.82 bits per heavy atom. The molecular formula is C20H22N4O3S. The van der Waals surface area contributed by atoms with Gasteiger partial charge in [0, 0.05) is 43.5 Å². The number of hydrogen-bond donors (Lipinski definition) is 1. The number of carbonyl (C=O) groups is 2. The Labute approximate surface area is 167 Å². The average molecular weight is 398 g/mol. The second kappa shape index (κ2) is 6.95. The molecule has 146 valence electrons. The zero-order valence-electron chi connectivity index (χ0n) is 15.4. The van der Waals surface area contributed by atoms with Crippen LogP contribution in [-0.4, -0.2) is 81.0 Å². The molecule has 2 aromatic rings. The van der Waals surface area contributed by atoms with E-state index in [0.717, 1.165) is 22.8 Å². The van der Waals surface area contributed by atoms with Gasteiger partial charge in [-0.25, -0.2) is 4.98 Å². The van der Waals surface area contributed by atoms with Crippen LogP contribution in [0.4, 0.5) is 0 Å². The summed E-state index contributed by atoms with van der Waals surface area (Å²) in [5, 5.41) is 13.0. The summed E-state index contributed by atoms with van der Waals surface area (Å²) < 4.78 is 0. The van der Waals surface area contributed by atoms with Gasteiger partial charge in [-0.15, -0.1) is 11.3 Å². The number of rotatable bonds is 3. The standard InChI is InChI=1S/C20H22N4O3S/c25-14-8-16-19(26)23-7-6-22(10-17(23)20(27)24(16)9-14)11-18-21-15(12-28-18)13-4-2-1-3-5-13/h1-5,12,14,16-17,25H,6-11H2/t14-,16+,17-/m1/s1. The van der Waals surface area contributed by atoms with Crippen LogP contribution in [0.15, 0.2) is 35.7 Å². The quantitative estimate of drug-likeness (QED) is 0.828. The minimum Gasteiger partial charge on any atom is -0.391 e. The molecule has 3 atom stereocenters. The van der Waals surface area contributed by atoms with Crippen LogP contribution in [0.1, 0.15) is 11.4 Å². The molecule has 28 heavy (non-hydrogen) atoms. The molecule has 3 saturated heterocycles. The summed E-state index contributed by atoms with van der Waals surface area (Å²) in [6.07, 6.45) is -0.235. The zero-order chi connectivity index (χ0) is 19.3. The van der Waals surface area contributed by atoms with Crippen LogP contribution in [0.2, 0.25) is 0 Å². The molecule has 8 heteroatoms. The number of aromatic nitrogens is 1. The normalized spacial score (nSPS) is 27.8. The number of nitrogens with zero attached hydrogens (tertiary/aromatic N) is 4. The topological polar surface area (TPSA) is 77.0 Å². The first-order valence-corrected chi connectivity index (χ1v) is 10.5. The van der Waals surface area contributed by atoms with Crippen LogP contribution >= 0.6 is 11.3 Å². The minimum atomic E-state index is -0.595. The van der Waals surface area contributed by atoms with Crippen molar-refractivity contribution in [2.75, 3.05) is 26.2 Å². The zero-order valence-corrected chi connectivity index (χ0v) is 16.2. The van der Waals surface area contributed by atoms with Gasteiger partial charge in [0.25, 0.3) is 0 Å². The summed E-state index contributed by atoms with van der Waals surface area (Å²) in [7, 11) is 0. The maximum atomic E-state index is 12.9. The summed E-state index contributed by atoms with van der Waals surface area (Å²) in [4.78, 5) is 35.9. The second-order valence-corrected chi connectivity index (χ2v) is 8.61. The lowest BCUT2D eigenvalue weighted by molar-refractivity contribution is -0.163. The lowest BCUT2D eigenvalue weighted by Crippen LogP contribution is -2.68. The first-order valence-electron chi connectivity index (χ1n) is 9.61. The van der Waals surface area contributed by atoms with Crippen molar-refractivity contribution in [1.82, 2.24) is 19.7 Å². The molecule has 3 aliphatic rings. The molecule has 0 spiro atoms. The van der Waals surface area contributed by atoms with Crippen LogP contribution in [0.25, 0.3) is 11.3 Å². The maximum absolute atomic E-state index is 12.9. The van der Waals surface area contributed by atoms with Gasteiger partial charge in [0.2, 0.25) is 11.8 Å². The molecule has 0 aliphatic carbocycles. The van der Waals surface area contributed by atoms with E-state index < -0.39 is 18.2 Å². The molecule has 3 fully saturated rings. The van der Waals surface area contributed by atoms with Crippen LogP contribution < -0.4 is 0 Å². The molecule has 3 aliphatic heterocycles. The van der Waals surface area contributed by atoms with Gasteiger partial charge in [-0.05, 0) is 0 Å². The highest BCUT2D eigenvalue weighted by atomic mass is 32.1. The second-order valence-electron chi connectivity index (χ2n) is 7.67. The van der Waals surface area contributed by atoms with Crippen molar-refractivity contribution in [3.05, 3.63) is 40.7 Å². The average Bonchev–Trinajstić information content (AvgIpc) is 3.34. The predicted molar refractivity (Wildman–Crippen MR) is 104 cm³/mol.